The van der Waals surface area contributed by atoms with Crippen molar-refractivity contribution >= 4 is 35.3 Å². The molecule has 0 aromatic heterocycles. The number of anilines is 1. The Kier molecular flexibility index (Phi) is 4.69. The lowest BCUT2D eigenvalue weighted by molar-refractivity contribution is 0.251. The number of hydrogen-bond acceptors (Lipinski definition) is 3. The van der Waals surface area contributed by atoms with Gasteiger partial charge in [-0.15, -0.1) is 0 Å². The van der Waals surface area contributed by atoms with Crippen LogP contribution in [0.15, 0.2) is 23.2 Å². The molecule has 0 saturated carbocycles. The summed E-state index contributed by atoms with van der Waals surface area (Å²) in [6, 6.07) is 4.66. The van der Waals surface area contributed by atoms with Crippen LogP contribution in [0.5, 0.6) is 0 Å². The third kappa shape index (κ3) is 3.06. The summed E-state index contributed by atoms with van der Waals surface area (Å²) in [5, 5.41) is 0. The van der Waals surface area contributed by atoms with E-state index in [4.69, 9.17) is 11.8 Å². The predicted molar refractivity (Wildman–Crippen MR) is 66.4 cm³/mol. The van der Waals surface area contributed by atoms with Crippen LogP contribution >= 0.6 is 11.8 Å². The minimum absolute atomic E-state index is 0.426. The number of amides is 2. The molecule has 0 aliphatic carbocycles. The number of benzene rings is 1. The first kappa shape index (κ1) is 13.2. The largest absolute Gasteiger partial charge is 0.336 e. The number of nitrogens with one attached hydrogen (secondary N) is 1. The number of carbonyl (C=O) groups excluding carboxylic acids is 2. The summed E-state index contributed by atoms with van der Waals surface area (Å²) in [6.45, 7) is 4.13. The topological polar surface area (TPSA) is 61.8 Å². The van der Waals surface area contributed by atoms with Gasteiger partial charge in [-0.1, -0.05) is 6.07 Å². The van der Waals surface area contributed by atoms with Gasteiger partial charge in [0.2, 0.25) is 6.08 Å². The maximum absolute atomic E-state index is 11.5. The third-order valence-electron chi connectivity index (χ3n) is 2.30. The first-order valence-electron chi connectivity index (χ1n) is 5.00. The summed E-state index contributed by atoms with van der Waals surface area (Å²) in [4.78, 5) is 28.7. The number of nitrogens with zero attached hydrogens (tertiary/aromatic N) is 2. The number of halogens is 1. The zero-order chi connectivity index (χ0) is 12.8. The molecule has 2 amide bonds. The van der Waals surface area contributed by atoms with Gasteiger partial charge in [0.25, 0.3) is 0 Å². The second-order valence-corrected chi connectivity index (χ2v) is 3.51. The molecule has 0 heterocycles. The minimum atomic E-state index is -0.426. The lowest BCUT2D eigenvalue weighted by Crippen LogP contribution is -2.36. The van der Waals surface area contributed by atoms with E-state index >= 15 is 0 Å². The van der Waals surface area contributed by atoms with Gasteiger partial charge in [-0.2, -0.15) is 4.99 Å². The molecule has 1 N–H and O–H groups in total. The number of carbonyl (C=O) groups is 1. The quantitative estimate of drug-likeness (QED) is 0.511. The smallest absolute Gasteiger partial charge is 0.293 e. The van der Waals surface area contributed by atoms with Crippen LogP contribution in [0.2, 0.25) is 0 Å². The molecule has 0 fully saturated rings. The van der Waals surface area contributed by atoms with Crippen LogP contribution in [0.4, 0.5) is 16.2 Å². The lowest BCUT2D eigenvalue weighted by atomic mass is 10.1. The maximum Gasteiger partial charge on any atom is 0.336 e. The number of urea groups is 1. The van der Waals surface area contributed by atoms with Crippen LogP contribution in [0.3, 0.4) is 0 Å². The highest BCUT2D eigenvalue weighted by molar-refractivity contribution is 6.23. The third-order valence-corrected chi connectivity index (χ3v) is 2.46. The van der Waals surface area contributed by atoms with Crippen LogP contribution in [0, 0.1) is 6.92 Å². The number of rotatable bonds is 3. The molecule has 0 saturated heterocycles. The fourth-order valence-corrected chi connectivity index (χ4v) is 1.59. The molecule has 0 aliphatic heterocycles. The Balaban J connectivity index is 3.21. The van der Waals surface area contributed by atoms with E-state index in [0.29, 0.717) is 17.9 Å². The van der Waals surface area contributed by atoms with Crippen molar-refractivity contribution in [1.82, 2.24) is 4.84 Å². The van der Waals surface area contributed by atoms with E-state index in [2.05, 4.69) is 4.99 Å². The molecule has 0 spiro atoms. The van der Waals surface area contributed by atoms with E-state index in [1.165, 1.54) is 11.0 Å². The van der Waals surface area contributed by atoms with E-state index in [1.54, 1.807) is 18.2 Å². The fourth-order valence-electron chi connectivity index (χ4n) is 1.49. The Hall–Kier alpha value is -1.84. The van der Waals surface area contributed by atoms with E-state index in [0.717, 1.165) is 5.56 Å². The van der Waals surface area contributed by atoms with E-state index in [1.807, 2.05) is 18.7 Å². The van der Waals surface area contributed by atoms with Gasteiger partial charge in [0, 0.05) is 18.3 Å². The van der Waals surface area contributed by atoms with Crippen LogP contribution < -0.4 is 9.74 Å². The Bertz CT molecular complexity index is 470. The summed E-state index contributed by atoms with van der Waals surface area (Å²) >= 11 is 5.30. The first-order chi connectivity index (χ1) is 8.13. The van der Waals surface area contributed by atoms with Gasteiger partial charge in [-0.3, -0.25) is 4.90 Å². The average Bonchev–Trinajstić information content (AvgIpc) is 2.34. The van der Waals surface area contributed by atoms with Crippen molar-refractivity contribution in [3.05, 3.63) is 23.8 Å². The first-order valence-corrected chi connectivity index (χ1v) is 5.38. The Morgan fingerprint density at radius 1 is 1.59 bits per heavy atom. The molecule has 0 atom stereocenters. The second kappa shape index (κ2) is 6.03. The van der Waals surface area contributed by atoms with Crippen molar-refractivity contribution in [3.8, 4) is 0 Å². The van der Waals surface area contributed by atoms with Crippen molar-refractivity contribution in [2.75, 3.05) is 11.4 Å². The van der Waals surface area contributed by atoms with Gasteiger partial charge in [0.05, 0.1) is 11.4 Å². The number of aliphatic imine (C=N–C) groups is 1. The Morgan fingerprint density at radius 2 is 2.29 bits per heavy atom. The SMILES string of the molecule is CCN(C(=O)NCl)c1cc(N=C=O)ccc1C. The van der Waals surface area contributed by atoms with Crippen LogP contribution in [-0.4, -0.2) is 18.7 Å². The van der Waals surface area contributed by atoms with Crippen molar-refractivity contribution in [3.63, 3.8) is 0 Å². The van der Waals surface area contributed by atoms with E-state index in [9.17, 15) is 9.59 Å². The highest BCUT2D eigenvalue weighted by Crippen LogP contribution is 2.25. The monoisotopic (exact) mass is 253 g/mol. The van der Waals surface area contributed by atoms with E-state index < -0.39 is 6.03 Å². The molecule has 1 rings (SSSR count). The second-order valence-electron chi connectivity index (χ2n) is 3.32. The summed E-state index contributed by atoms with van der Waals surface area (Å²) in [6.07, 6.45) is 1.46. The number of hydrogen-bond donors (Lipinski definition) is 1. The molecule has 0 bridgehead atoms. The molecule has 17 heavy (non-hydrogen) atoms. The summed E-state index contributed by atoms with van der Waals surface area (Å²) in [5.41, 5.74) is 1.99. The van der Waals surface area contributed by atoms with Crippen LogP contribution in [-0.2, 0) is 4.79 Å². The summed E-state index contributed by atoms with van der Waals surface area (Å²) < 4.78 is 0. The molecular weight excluding hydrogens is 242 g/mol. The molecular formula is C11H12ClN3O2. The summed E-state index contributed by atoms with van der Waals surface area (Å²) in [5.74, 6) is 0. The van der Waals surface area contributed by atoms with Crippen LogP contribution in [0.1, 0.15) is 12.5 Å². The normalized spacial score (nSPS) is 9.35. The van der Waals surface area contributed by atoms with Gasteiger partial charge >= 0.3 is 6.03 Å². The standard InChI is InChI=1S/C11H12ClN3O2/c1-3-15(11(17)14-12)10-6-9(13-7-16)5-4-8(10)2/h4-6H,3H2,1-2H3,(H,14,17). The van der Waals surface area contributed by atoms with Gasteiger partial charge in [0.1, 0.15) is 0 Å². The fraction of sp³-hybridized carbons (Fsp3) is 0.273. The van der Waals surface area contributed by atoms with E-state index in [-0.39, 0.29) is 0 Å². The zero-order valence-corrected chi connectivity index (χ0v) is 10.3. The Labute approximate surface area is 104 Å². The highest BCUT2D eigenvalue weighted by Gasteiger charge is 2.15. The highest BCUT2D eigenvalue weighted by atomic mass is 35.5. The van der Waals surface area contributed by atoms with Crippen molar-refractivity contribution < 1.29 is 9.59 Å². The molecule has 1 aromatic rings. The molecule has 90 valence electrons. The molecule has 0 radical (unpaired) electrons. The molecule has 6 heteroatoms. The molecule has 1 aromatic carbocycles. The molecule has 5 nitrogen and oxygen atoms in total. The van der Waals surface area contributed by atoms with Crippen molar-refractivity contribution in [1.29, 1.82) is 0 Å². The van der Waals surface area contributed by atoms with Gasteiger partial charge < -0.3 is 0 Å². The number of aryl methyl sites for hydroxylation is 1. The predicted octanol–water partition coefficient (Wildman–Crippen LogP) is 2.65. The Morgan fingerprint density at radius 3 is 2.82 bits per heavy atom. The zero-order valence-electron chi connectivity index (χ0n) is 9.53. The average molecular weight is 254 g/mol. The summed E-state index contributed by atoms with van der Waals surface area (Å²) in [7, 11) is 0. The van der Waals surface area contributed by atoms with Crippen LogP contribution in [0.25, 0.3) is 0 Å². The molecule has 0 unspecified atom stereocenters. The maximum atomic E-state index is 11.5. The van der Waals surface area contributed by atoms with Gasteiger partial charge in [-0.25, -0.2) is 14.4 Å². The van der Waals surface area contributed by atoms with Crippen molar-refractivity contribution in [2.45, 2.75) is 13.8 Å². The lowest BCUT2D eigenvalue weighted by Gasteiger charge is -2.21. The van der Waals surface area contributed by atoms with Gasteiger partial charge in [0.15, 0.2) is 0 Å². The molecule has 0 aliphatic rings. The van der Waals surface area contributed by atoms with Crippen molar-refractivity contribution in [2.24, 2.45) is 4.99 Å². The minimum Gasteiger partial charge on any atom is -0.293 e. The van der Waals surface area contributed by atoms with Gasteiger partial charge in [-0.05, 0) is 31.5 Å². The number of isocyanates is 1.